The SMILES string of the molecule is CC(C)(C)OC(=O)N1CCCC[C@H]1[C@H](O)C1CCCCC1. The van der Waals surface area contributed by atoms with Crippen molar-refractivity contribution >= 4 is 6.09 Å². The summed E-state index contributed by atoms with van der Waals surface area (Å²) in [6, 6.07) is -0.0586. The Morgan fingerprint density at radius 1 is 1.10 bits per heavy atom. The Balaban J connectivity index is 2.02. The second kappa shape index (κ2) is 6.99. The summed E-state index contributed by atoms with van der Waals surface area (Å²) < 4.78 is 5.52. The lowest BCUT2D eigenvalue weighted by Gasteiger charge is -2.42. The number of rotatable bonds is 2. The predicted octanol–water partition coefficient (Wildman–Crippen LogP) is 3.72. The molecule has 2 fully saturated rings. The lowest BCUT2D eigenvalue weighted by Crippen LogP contribution is -2.53. The molecule has 2 atom stereocenters. The predicted molar refractivity (Wildman–Crippen MR) is 83.2 cm³/mol. The van der Waals surface area contributed by atoms with Gasteiger partial charge in [-0.2, -0.15) is 0 Å². The van der Waals surface area contributed by atoms with Gasteiger partial charge in [0.05, 0.1) is 12.1 Å². The molecule has 1 amide bonds. The Kier molecular flexibility index (Phi) is 5.53. The fraction of sp³-hybridized carbons (Fsp3) is 0.941. The highest BCUT2D eigenvalue weighted by molar-refractivity contribution is 5.68. The van der Waals surface area contributed by atoms with Crippen LogP contribution < -0.4 is 0 Å². The molecule has 1 heterocycles. The molecule has 4 heteroatoms. The Morgan fingerprint density at radius 2 is 1.71 bits per heavy atom. The summed E-state index contributed by atoms with van der Waals surface area (Å²) in [4.78, 5) is 14.2. The van der Waals surface area contributed by atoms with Gasteiger partial charge in [0, 0.05) is 6.54 Å². The molecular formula is C17H31NO3. The van der Waals surface area contributed by atoms with Crippen molar-refractivity contribution in [1.82, 2.24) is 4.90 Å². The van der Waals surface area contributed by atoms with Gasteiger partial charge in [0.1, 0.15) is 5.60 Å². The van der Waals surface area contributed by atoms with Crippen LogP contribution in [0, 0.1) is 5.92 Å². The molecule has 0 radical (unpaired) electrons. The quantitative estimate of drug-likeness (QED) is 0.845. The first-order valence-electron chi connectivity index (χ1n) is 8.56. The number of amides is 1. The van der Waals surface area contributed by atoms with E-state index in [1.165, 1.54) is 19.3 Å². The summed E-state index contributed by atoms with van der Waals surface area (Å²) in [5.41, 5.74) is -0.477. The summed E-state index contributed by atoms with van der Waals surface area (Å²) in [6.45, 7) is 6.38. The van der Waals surface area contributed by atoms with Crippen LogP contribution in [0.2, 0.25) is 0 Å². The smallest absolute Gasteiger partial charge is 0.410 e. The summed E-state index contributed by atoms with van der Waals surface area (Å²) in [7, 11) is 0. The maximum atomic E-state index is 12.4. The number of piperidine rings is 1. The van der Waals surface area contributed by atoms with Gasteiger partial charge in [0.2, 0.25) is 0 Å². The second-order valence-electron chi connectivity index (χ2n) is 7.63. The fourth-order valence-corrected chi connectivity index (χ4v) is 3.65. The lowest BCUT2D eigenvalue weighted by molar-refractivity contribution is -0.0364. The van der Waals surface area contributed by atoms with E-state index in [0.717, 1.165) is 32.1 Å². The zero-order valence-electron chi connectivity index (χ0n) is 13.8. The van der Waals surface area contributed by atoms with Crippen LogP contribution in [0.1, 0.15) is 72.1 Å². The number of carbonyl (C=O) groups excluding carboxylic acids is 1. The molecule has 0 aromatic rings. The van der Waals surface area contributed by atoms with Crippen molar-refractivity contribution in [2.24, 2.45) is 5.92 Å². The number of carbonyl (C=O) groups is 1. The van der Waals surface area contributed by atoms with Crippen molar-refractivity contribution in [3.05, 3.63) is 0 Å². The van der Waals surface area contributed by atoms with Crippen LogP contribution in [0.5, 0.6) is 0 Å². The highest BCUT2D eigenvalue weighted by atomic mass is 16.6. The normalized spacial score (nSPS) is 26.5. The zero-order chi connectivity index (χ0) is 15.5. The minimum absolute atomic E-state index is 0.0586. The first-order chi connectivity index (χ1) is 9.88. The monoisotopic (exact) mass is 297 g/mol. The van der Waals surface area contributed by atoms with Gasteiger partial charge >= 0.3 is 6.09 Å². The van der Waals surface area contributed by atoms with E-state index in [-0.39, 0.29) is 12.1 Å². The van der Waals surface area contributed by atoms with E-state index in [0.29, 0.717) is 12.5 Å². The molecule has 0 spiro atoms. The van der Waals surface area contributed by atoms with E-state index >= 15 is 0 Å². The Morgan fingerprint density at radius 3 is 2.33 bits per heavy atom. The van der Waals surface area contributed by atoms with E-state index in [1.54, 1.807) is 4.90 Å². The van der Waals surface area contributed by atoms with Crippen molar-refractivity contribution < 1.29 is 14.6 Å². The Hall–Kier alpha value is -0.770. The van der Waals surface area contributed by atoms with E-state index < -0.39 is 11.7 Å². The summed E-state index contributed by atoms with van der Waals surface area (Å²) in [6.07, 6.45) is 8.24. The number of ether oxygens (including phenoxy) is 1. The first-order valence-corrected chi connectivity index (χ1v) is 8.56. The molecule has 1 aliphatic carbocycles. The third-order valence-corrected chi connectivity index (χ3v) is 4.70. The molecule has 0 unspecified atom stereocenters. The van der Waals surface area contributed by atoms with E-state index in [9.17, 15) is 9.90 Å². The topological polar surface area (TPSA) is 49.8 Å². The van der Waals surface area contributed by atoms with Crippen LogP contribution >= 0.6 is 0 Å². The summed E-state index contributed by atoms with van der Waals surface area (Å²) in [5.74, 6) is 0.354. The third kappa shape index (κ3) is 4.60. The summed E-state index contributed by atoms with van der Waals surface area (Å²) in [5, 5.41) is 10.8. The number of aliphatic hydroxyl groups is 1. The van der Waals surface area contributed by atoms with Crippen molar-refractivity contribution in [1.29, 1.82) is 0 Å². The number of aliphatic hydroxyl groups excluding tert-OH is 1. The average molecular weight is 297 g/mol. The van der Waals surface area contributed by atoms with Crippen LogP contribution in [0.15, 0.2) is 0 Å². The van der Waals surface area contributed by atoms with Crippen molar-refractivity contribution in [3.8, 4) is 0 Å². The van der Waals surface area contributed by atoms with E-state index in [1.807, 2.05) is 20.8 Å². The number of likely N-dealkylation sites (tertiary alicyclic amines) is 1. The molecule has 122 valence electrons. The van der Waals surface area contributed by atoms with Crippen molar-refractivity contribution in [2.75, 3.05) is 6.54 Å². The molecule has 21 heavy (non-hydrogen) atoms. The van der Waals surface area contributed by atoms with Gasteiger partial charge in [-0.3, -0.25) is 0 Å². The maximum absolute atomic E-state index is 12.4. The molecule has 1 saturated carbocycles. The molecule has 1 N–H and O–H groups in total. The molecule has 0 bridgehead atoms. The zero-order valence-corrected chi connectivity index (χ0v) is 13.8. The van der Waals surface area contributed by atoms with Crippen LogP contribution in [-0.2, 0) is 4.74 Å². The second-order valence-corrected chi connectivity index (χ2v) is 7.63. The third-order valence-electron chi connectivity index (χ3n) is 4.70. The van der Waals surface area contributed by atoms with Gasteiger partial charge in [-0.25, -0.2) is 4.79 Å². The van der Waals surface area contributed by atoms with Gasteiger partial charge in [0.25, 0.3) is 0 Å². The Bertz CT molecular complexity index is 344. The number of hydrogen-bond acceptors (Lipinski definition) is 3. The molecule has 4 nitrogen and oxygen atoms in total. The minimum Gasteiger partial charge on any atom is -0.444 e. The molecule has 1 saturated heterocycles. The lowest BCUT2D eigenvalue weighted by atomic mass is 9.80. The number of hydrogen-bond donors (Lipinski definition) is 1. The van der Waals surface area contributed by atoms with E-state index in [2.05, 4.69) is 0 Å². The van der Waals surface area contributed by atoms with Crippen LogP contribution in [-0.4, -0.2) is 40.4 Å². The van der Waals surface area contributed by atoms with Gasteiger partial charge in [0.15, 0.2) is 0 Å². The van der Waals surface area contributed by atoms with Gasteiger partial charge in [-0.1, -0.05) is 19.3 Å². The first kappa shape index (κ1) is 16.6. The van der Waals surface area contributed by atoms with E-state index in [4.69, 9.17) is 4.74 Å². The molecule has 2 rings (SSSR count). The maximum Gasteiger partial charge on any atom is 0.410 e. The average Bonchev–Trinajstić information content (AvgIpc) is 2.45. The fourth-order valence-electron chi connectivity index (χ4n) is 3.65. The van der Waals surface area contributed by atoms with Crippen molar-refractivity contribution in [2.45, 2.75) is 89.9 Å². The molecule has 0 aromatic carbocycles. The molecular weight excluding hydrogens is 266 g/mol. The van der Waals surface area contributed by atoms with Gasteiger partial charge < -0.3 is 14.7 Å². The standard InChI is InChI=1S/C17H31NO3/c1-17(2,3)21-16(20)18-12-8-7-11-14(18)15(19)13-9-5-4-6-10-13/h13-15,19H,4-12H2,1-3H3/t14-,15+/m0/s1. The Labute approximate surface area is 128 Å². The van der Waals surface area contributed by atoms with Crippen LogP contribution in [0.25, 0.3) is 0 Å². The minimum atomic E-state index is -0.477. The van der Waals surface area contributed by atoms with Gasteiger partial charge in [-0.15, -0.1) is 0 Å². The summed E-state index contributed by atoms with van der Waals surface area (Å²) >= 11 is 0. The molecule has 2 aliphatic rings. The molecule has 0 aromatic heterocycles. The highest BCUT2D eigenvalue weighted by Crippen LogP contribution is 2.32. The van der Waals surface area contributed by atoms with Crippen LogP contribution in [0.4, 0.5) is 4.79 Å². The highest BCUT2D eigenvalue weighted by Gasteiger charge is 2.38. The van der Waals surface area contributed by atoms with Crippen LogP contribution in [0.3, 0.4) is 0 Å². The molecule has 1 aliphatic heterocycles. The van der Waals surface area contributed by atoms with Crippen molar-refractivity contribution in [3.63, 3.8) is 0 Å². The van der Waals surface area contributed by atoms with Gasteiger partial charge in [-0.05, 0) is 58.8 Å². The number of nitrogens with zero attached hydrogens (tertiary/aromatic N) is 1. The largest absolute Gasteiger partial charge is 0.444 e.